The fraction of sp³-hybridized carbons (Fsp3) is 0.333. The molecule has 0 N–H and O–H groups in total. The molecule has 2 rings (SSSR count). The second-order valence-electron chi connectivity index (χ2n) is 4.11. The second-order valence-corrected chi connectivity index (χ2v) is 4.11. The molecule has 0 atom stereocenters. The Morgan fingerprint density at radius 3 is 3.00 bits per heavy atom. The third kappa shape index (κ3) is 1.77. The molecule has 0 spiro atoms. The molecule has 0 saturated heterocycles. The molecule has 0 bridgehead atoms. The van der Waals surface area contributed by atoms with Crippen LogP contribution in [0.4, 0.5) is 0 Å². The molecule has 0 fully saturated rings. The fourth-order valence-electron chi connectivity index (χ4n) is 1.76. The molecule has 0 aliphatic carbocycles. The van der Waals surface area contributed by atoms with Gasteiger partial charge in [-0.05, 0) is 24.1 Å². The van der Waals surface area contributed by atoms with Crippen LogP contribution in [0.3, 0.4) is 0 Å². The van der Waals surface area contributed by atoms with Gasteiger partial charge in [-0.1, -0.05) is 13.8 Å². The van der Waals surface area contributed by atoms with Crippen molar-refractivity contribution < 1.29 is 4.79 Å². The Kier molecular flexibility index (Phi) is 2.54. The molecule has 2 heterocycles. The summed E-state index contributed by atoms with van der Waals surface area (Å²) in [6.45, 7) is 5.08. The summed E-state index contributed by atoms with van der Waals surface area (Å²) in [5.74, 6) is 0.501. The van der Waals surface area contributed by atoms with E-state index >= 15 is 0 Å². The highest BCUT2D eigenvalue weighted by molar-refractivity contribution is 5.86. The summed E-state index contributed by atoms with van der Waals surface area (Å²) in [5.41, 5.74) is 1.60. The van der Waals surface area contributed by atoms with Gasteiger partial charge < -0.3 is 4.57 Å². The monoisotopic (exact) mass is 202 g/mol. The molecule has 0 amide bonds. The zero-order valence-corrected chi connectivity index (χ0v) is 8.97. The van der Waals surface area contributed by atoms with Crippen LogP contribution >= 0.6 is 0 Å². The van der Waals surface area contributed by atoms with Crippen molar-refractivity contribution in [1.82, 2.24) is 9.55 Å². The third-order valence-corrected chi connectivity index (χ3v) is 2.36. The largest absolute Gasteiger partial charge is 0.323 e. The van der Waals surface area contributed by atoms with Crippen LogP contribution in [-0.4, -0.2) is 15.8 Å². The molecule has 2 aromatic rings. The number of hydrogen-bond acceptors (Lipinski definition) is 2. The molecule has 0 radical (unpaired) electrons. The van der Waals surface area contributed by atoms with Crippen LogP contribution in [-0.2, 0) is 6.54 Å². The molecular formula is C12H14N2O. The van der Waals surface area contributed by atoms with E-state index in [1.807, 2.05) is 22.8 Å². The minimum absolute atomic E-state index is 0.501. The van der Waals surface area contributed by atoms with E-state index in [4.69, 9.17) is 0 Å². The first-order chi connectivity index (χ1) is 7.22. The third-order valence-electron chi connectivity index (χ3n) is 2.36. The van der Waals surface area contributed by atoms with Gasteiger partial charge in [0, 0.05) is 18.1 Å². The molecule has 2 aromatic heterocycles. The van der Waals surface area contributed by atoms with Crippen molar-refractivity contribution in [2.75, 3.05) is 0 Å². The summed E-state index contributed by atoms with van der Waals surface area (Å²) in [6, 6.07) is 5.75. The Morgan fingerprint density at radius 2 is 2.33 bits per heavy atom. The fourth-order valence-corrected chi connectivity index (χ4v) is 1.76. The first kappa shape index (κ1) is 9.90. The summed E-state index contributed by atoms with van der Waals surface area (Å²) in [4.78, 5) is 15.2. The Balaban J connectivity index is 2.61. The highest BCUT2D eigenvalue weighted by Crippen LogP contribution is 2.17. The highest BCUT2D eigenvalue weighted by atomic mass is 16.1. The Hall–Kier alpha value is -1.64. The maximum atomic E-state index is 10.9. The number of carbonyl (C=O) groups is 1. The van der Waals surface area contributed by atoms with Crippen molar-refractivity contribution in [3.8, 4) is 0 Å². The zero-order chi connectivity index (χ0) is 10.8. The van der Waals surface area contributed by atoms with E-state index in [0.29, 0.717) is 11.6 Å². The molecule has 0 aliphatic heterocycles. The average Bonchev–Trinajstić information content (AvgIpc) is 2.56. The van der Waals surface area contributed by atoms with Crippen LogP contribution in [0.15, 0.2) is 24.4 Å². The summed E-state index contributed by atoms with van der Waals surface area (Å²) in [7, 11) is 0. The van der Waals surface area contributed by atoms with E-state index in [0.717, 1.165) is 23.9 Å². The standard InChI is InChI=1S/C12H14N2O/c1-9(2)7-14-11(8-15)6-10-4-3-5-13-12(10)14/h3-6,8-9H,7H2,1-2H3. The highest BCUT2D eigenvalue weighted by Gasteiger charge is 2.09. The quantitative estimate of drug-likeness (QED) is 0.717. The maximum absolute atomic E-state index is 10.9. The van der Waals surface area contributed by atoms with E-state index in [2.05, 4.69) is 18.8 Å². The number of aldehydes is 1. The van der Waals surface area contributed by atoms with Crippen LogP contribution in [0.25, 0.3) is 11.0 Å². The lowest BCUT2D eigenvalue weighted by molar-refractivity contribution is 0.111. The number of pyridine rings is 1. The van der Waals surface area contributed by atoms with Gasteiger partial charge in [0.15, 0.2) is 6.29 Å². The van der Waals surface area contributed by atoms with E-state index in [1.54, 1.807) is 6.20 Å². The van der Waals surface area contributed by atoms with Gasteiger partial charge in [0.1, 0.15) is 5.65 Å². The zero-order valence-electron chi connectivity index (χ0n) is 8.97. The Bertz CT molecular complexity index is 485. The lowest BCUT2D eigenvalue weighted by Gasteiger charge is -2.09. The molecule has 3 heteroatoms. The molecule has 78 valence electrons. The van der Waals surface area contributed by atoms with Gasteiger partial charge in [0.2, 0.25) is 0 Å². The molecule has 0 aromatic carbocycles. The van der Waals surface area contributed by atoms with Crippen molar-refractivity contribution >= 4 is 17.3 Å². The number of hydrogen-bond donors (Lipinski definition) is 0. The maximum Gasteiger partial charge on any atom is 0.166 e. The topological polar surface area (TPSA) is 34.9 Å². The number of nitrogens with zero attached hydrogens (tertiary/aromatic N) is 2. The Labute approximate surface area is 88.7 Å². The van der Waals surface area contributed by atoms with Crippen molar-refractivity contribution in [2.45, 2.75) is 20.4 Å². The number of aromatic nitrogens is 2. The molecule has 3 nitrogen and oxygen atoms in total. The minimum atomic E-state index is 0.501. The van der Waals surface area contributed by atoms with Gasteiger partial charge in [0.05, 0.1) is 5.69 Å². The van der Waals surface area contributed by atoms with Crippen molar-refractivity contribution in [3.05, 3.63) is 30.1 Å². The molecule has 15 heavy (non-hydrogen) atoms. The summed E-state index contributed by atoms with van der Waals surface area (Å²) < 4.78 is 1.98. The van der Waals surface area contributed by atoms with Crippen molar-refractivity contribution in [2.24, 2.45) is 5.92 Å². The van der Waals surface area contributed by atoms with E-state index in [9.17, 15) is 4.79 Å². The van der Waals surface area contributed by atoms with Crippen molar-refractivity contribution in [3.63, 3.8) is 0 Å². The predicted octanol–water partition coefficient (Wildman–Crippen LogP) is 2.50. The lowest BCUT2D eigenvalue weighted by atomic mass is 10.2. The van der Waals surface area contributed by atoms with Crippen molar-refractivity contribution in [1.29, 1.82) is 0 Å². The van der Waals surface area contributed by atoms with Gasteiger partial charge in [-0.15, -0.1) is 0 Å². The van der Waals surface area contributed by atoms with Gasteiger partial charge in [0.25, 0.3) is 0 Å². The summed E-state index contributed by atoms with van der Waals surface area (Å²) in [6.07, 6.45) is 2.65. The van der Waals surface area contributed by atoms with Gasteiger partial charge in [-0.3, -0.25) is 4.79 Å². The van der Waals surface area contributed by atoms with E-state index < -0.39 is 0 Å². The van der Waals surface area contributed by atoms with Crippen LogP contribution in [0.1, 0.15) is 24.3 Å². The van der Waals surface area contributed by atoms with E-state index in [1.165, 1.54) is 0 Å². The SMILES string of the molecule is CC(C)Cn1c(C=O)cc2cccnc21. The number of rotatable bonds is 3. The Morgan fingerprint density at radius 1 is 1.53 bits per heavy atom. The average molecular weight is 202 g/mol. The summed E-state index contributed by atoms with van der Waals surface area (Å²) in [5, 5.41) is 1.03. The lowest BCUT2D eigenvalue weighted by Crippen LogP contribution is -2.07. The first-order valence-corrected chi connectivity index (χ1v) is 5.12. The van der Waals surface area contributed by atoms with Crippen LogP contribution in [0.5, 0.6) is 0 Å². The summed E-state index contributed by atoms with van der Waals surface area (Å²) >= 11 is 0. The number of carbonyl (C=O) groups excluding carboxylic acids is 1. The predicted molar refractivity (Wildman–Crippen MR) is 60.0 cm³/mol. The normalized spacial score (nSPS) is 11.1. The van der Waals surface area contributed by atoms with Gasteiger partial charge in [-0.25, -0.2) is 4.98 Å². The molecule has 0 saturated carbocycles. The van der Waals surface area contributed by atoms with Crippen LogP contribution in [0, 0.1) is 5.92 Å². The van der Waals surface area contributed by atoms with Crippen LogP contribution in [0.2, 0.25) is 0 Å². The first-order valence-electron chi connectivity index (χ1n) is 5.12. The molecule has 0 aliphatic rings. The molecule has 0 unspecified atom stereocenters. The van der Waals surface area contributed by atoms with E-state index in [-0.39, 0.29) is 0 Å². The van der Waals surface area contributed by atoms with Gasteiger partial charge >= 0.3 is 0 Å². The van der Waals surface area contributed by atoms with Gasteiger partial charge in [-0.2, -0.15) is 0 Å². The molecular weight excluding hydrogens is 188 g/mol. The second kappa shape index (κ2) is 3.85. The smallest absolute Gasteiger partial charge is 0.166 e. The minimum Gasteiger partial charge on any atom is -0.323 e. The van der Waals surface area contributed by atoms with Crippen LogP contribution < -0.4 is 0 Å². The number of fused-ring (bicyclic) bond motifs is 1.